The molecule has 3 aromatic carbocycles. The maximum atomic E-state index is 13.6. The molecule has 47 heavy (non-hydrogen) atoms. The predicted octanol–water partition coefficient (Wildman–Crippen LogP) is 5.43. The summed E-state index contributed by atoms with van der Waals surface area (Å²) in [5.41, 5.74) is 4.09. The van der Waals surface area contributed by atoms with E-state index in [2.05, 4.69) is 15.6 Å². The normalized spacial score (nSPS) is 10.7. The first kappa shape index (κ1) is 32.4. The van der Waals surface area contributed by atoms with Crippen molar-refractivity contribution in [2.45, 2.75) is 26.5 Å². The highest BCUT2D eigenvalue weighted by molar-refractivity contribution is 6.07. The maximum Gasteiger partial charge on any atom is 0.413 e. The molecule has 2 aromatic heterocycles. The second-order valence-electron chi connectivity index (χ2n) is 10.5. The van der Waals surface area contributed by atoms with Gasteiger partial charge in [-0.05, 0) is 67.1 Å². The summed E-state index contributed by atoms with van der Waals surface area (Å²) in [4.78, 5) is 48.3. The van der Waals surface area contributed by atoms with Gasteiger partial charge in [0.25, 0.3) is 5.91 Å². The molecule has 0 aliphatic carbocycles. The van der Waals surface area contributed by atoms with E-state index < -0.39 is 6.09 Å². The molecule has 0 bridgehead atoms. The number of pyridine rings is 1. The van der Waals surface area contributed by atoms with Crippen molar-refractivity contribution < 1.29 is 23.9 Å². The Hall–Kier alpha value is -6.04. The molecule has 0 atom stereocenters. The fraction of sp³-hybridized carbons (Fsp3) is 0.200. The van der Waals surface area contributed by atoms with Gasteiger partial charge >= 0.3 is 12.1 Å². The van der Waals surface area contributed by atoms with E-state index in [1.165, 1.54) is 4.90 Å². The van der Waals surface area contributed by atoms with Crippen LogP contribution in [0.5, 0.6) is 0 Å². The van der Waals surface area contributed by atoms with Crippen LogP contribution < -0.4 is 15.5 Å². The largest absolute Gasteiger partial charge is 0.466 e. The van der Waals surface area contributed by atoms with Crippen LogP contribution in [0.4, 0.5) is 16.3 Å². The van der Waals surface area contributed by atoms with Gasteiger partial charge in [-0.15, -0.1) is 0 Å². The zero-order chi connectivity index (χ0) is 33.2. The zero-order valence-corrected chi connectivity index (χ0v) is 26.1. The van der Waals surface area contributed by atoms with Crippen molar-refractivity contribution in [1.82, 2.24) is 19.9 Å². The molecule has 0 unspecified atom stereocenters. The van der Waals surface area contributed by atoms with E-state index in [0.29, 0.717) is 29.0 Å². The minimum Gasteiger partial charge on any atom is -0.466 e. The molecule has 12 nitrogen and oxygen atoms in total. The van der Waals surface area contributed by atoms with Crippen molar-refractivity contribution in [2.24, 2.45) is 7.05 Å². The molecule has 240 valence electrons. The summed E-state index contributed by atoms with van der Waals surface area (Å²) in [6.45, 7) is 2.64. The van der Waals surface area contributed by atoms with Gasteiger partial charge in [0.15, 0.2) is 0 Å². The third kappa shape index (κ3) is 8.37. The lowest BCUT2D eigenvalue weighted by atomic mass is 10.1. The lowest BCUT2D eigenvalue weighted by Crippen LogP contribution is -2.34. The molecule has 3 N–H and O–H groups in total. The van der Waals surface area contributed by atoms with Gasteiger partial charge in [-0.2, -0.15) is 0 Å². The van der Waals surface area contributed by atoms with Crippen LogP contribution in [-0.4, -0.2) is 51.5 Å². The van der Waals surface area contributed by atoms with Crippen molar-refractivity contribution in [3.05, 3.63) is 120 Å². The van der Waals surface area contributed by atoms with E-state index in [0.717, 1.165) is 22.6 Å². The summed E-state index contributed by atoms with van der Waals surface area (Å²) in [5.74, 6) is 0.422. The highest BCUT2D eigenvalue weighted by Crippen LogP contribution is 2.21. The zero-order valence-electron chi connectivity index (χ0n) is 26.1. The number of carbonyl (C=O) groups excluding carboxylic acids is 3. The van der Waals surface area contributed by atoms with E-state index in [9.17, 15) is 14.4 Å². The van der Waals surface area contributed by atoms with Crippen LogP contribution in [0, 0.1) is 5.41 Å². The summed E-state index contributed by atoms with van der Waals surface area (Å²) in [7, 11) is 1.90. The Morgan fingerprint density at radius 1 is 0.915 bits per heavy atom. The Morgan fingerprint density at radius 3 is 2.38 bits per heavy atom. The third-order valence-corrected chi connectivity index (χ3v) is 7.30. The molecule has 12 heteroatoms. The molecule has 0 aliphatic heterocycles. The molecule has 0 fully saturated rings. The molecular weight excluding hydrogens is 598 g/mol. The fourth-order valence-corrected chi connectivity index (χ4v) is 4.84. The number of esters is 1. The number of aryl methyl sites for hydroxylation is 1. The molecule has 5 rings (SSSR count). The van der Waals surface area contributed by atoms with Crippen LogP contribution in [0.3, 0.4) is 0 Å². The minimum atomic E-state index is -0.700. The highest BCUT2D eigenvalue weighted by atomic mass is 16.5. The molecule has 0 aliphatic rings. The molecule has 2 heterocycles. The first-order valence-corrected chi connectivity index (χ1v) is 15.1. The van der Waals surface area contributed by atoms with Gasteiger partial charge in [-0.3, -0.25) is 25.2 Å². The first-order valence-electron chi connectivity index (χ1n) is 15.1. The van der Waals surface area contributed by atoms with E-state index in [1.807, 2.05) is 60.1 Å². The molecule has 0 spiro atoms. The maximum absolute atomic E-state index is 13.6. The minimum absolute atomic E-state index is 0.0394. The Bertz CT molecular complexity index is 1860. The third-order valence-electron chi connectivity index (χ3n) is 7.30. The summed E-state index contributed by atoms with van der Waals surface area (Å²) in [5, 5.41) is 14.0. The van der Waals surface area contributed by atoms with Crippen molar-refractivity contribution >= 4 is 46.3 Å². The monoisotopic (exact) mass is 633 g/mol. The van der Waals surface area contributed by atoms with E-state index in [4.69, 9.17) is 19.9 Å². The molecule has 0 saturated heterocycles. The van der Waals surface area contributed by atoms with E-state index in [-0.39, 0.29) is 43.9 Å². The van der Waals surface area contributed by atoms with Crippen LogP contribution in [0.25, 0.3) is 11.0 Å². The number of benzene rings is 3. The fourth-order valence-electron chi connectivity index (χ4n) is 4.84. The summed E-state index contributed by atoms with van der Waals surface area (Å²) >= 11 is 0. The van der Waals surface area contributed by atoms with Crippen molar-refractivity contribution in [3.8, 4) is 0 Å². The standard InChI is InChI=1S/C35H35N7O5/c1-3-46-32(43)18-20-42(30-11-7-8-19-37-30)34(44)26-14-17-29-28(21-26)39-31(41(29)2)22-38-27-15-12-25(13-16-27)33(36)40-35(45)47-23-24-9-5-4-6-10-24/h4-17,19,21,38H,3,18,20,22-23H2,1-2H3,(H2,36,40,45). The van der Waals surface area contributed by atoms with Gasteiger partial charge in [-0.25, -0.2) is 14.8 Å². The second-order valence-corrected chi connectivity index (χ2v) is 10.5. The topological polar surface area (TPSA) is 152 Å². The molecule has 5 aromatic rings. The van der Waals surface area contributed by atoms with Crippen molar-refractivity contribution in [1.29, 1.82) is 5.41 Å². The Morgan fingerprint density at radius 2 is 1.66 bits per heavy atom. The second kappa shape index (κ2) is 15.3. The van der Waals surface area contributed by atoms with E-state index in [1.54, 1.807) is 55.6 Å². The van der Waals surface area contributed by atoms with Crippen LogP contribution in [-0.2, 0) is 34.5 Å². The van der Waals surface area contributed by atoms with E-state index >= 15 is 0 Å². The number of nitrogens with zero attached hydrogens (tertiary/aromatic N) is 4. The number of alkyl carbamates (subject to hydrolysis) is 1. The average molecular weight is 634 g/mol. The van der Waals surface area contributed by atoms with Gasteiger partial charge in [0.05, 0.1) is 30.6 Å². The van der Waals surface area contributed by atoms with Crippen molar-refractivity contribution in [3.63, 3.8) is 0 Å². The molecular formula is C35H35N7O5. The lowest BCUT2D eigenvalue weighted by Gasteiger charge is -2.21. The van der Waals surface area contributed by atoms with Crippen LogP contribution >= 0.6 is 0 Å². The predicted molar refractivity (Wildman–Crippen MR) is 178 cm³/mol. The number of nitrogens with one attached hydrogen (secondary N) is 3. The number of amidine groups is 1. The van der Waals surface area contributed by atoms with Gasteiger partial charge < -0.3 is 19.4 Å². The van der Waals surface area contributed by atoms with Crippen LogP contribution in [0.15, 0.2) is 97.2 Å². The van der Waals surface area contributed by atoms with Crippen LogP contribution in [0.1, 0.15) is 40.7 Å². The number of anilines is 2. The highest BCUT2D eigenvalue weighted by Gasteiger charge is 2.21. The van der Waals surface area contributed by atoms with Gasteiger partial charge in [-0.1, -0.05) is 36.4 Å². The number of amides is 2. The van der Waals surface area contributed by atoms with Crippen LogP contribution in [0.2, 0.25) is 0 Å². The summed E-state index contributed by atoms with van der Waals surface area (Å²) in [6, 6.07) is 27.0. The van der Waals surface area contributed by atoms with Gasteiger partial charge in [0.2, 0.25) is 0 Å². The summed E-state index contributed by atoms with van der Waals surface area (Å²) < 4.78 is 12.2. The smallest absolute Gasteiger partial charge is 0.413 e. The lowest BCUT2D eigenvalue weighted by molar-refractivity contribution is -0.142. The average Bonchev–Trinajstić information content (AvgIpc) is 3.41. The number of hydrogen-bond acceptors (Lipinski definition) is 9. The number of hydrogen-bond donors (Lipinski definition) is 3. The van der Waals surface area contributed by atoms with Gasteiger partial charge in [0.1, 0.15) is 24.1 Å². The first-order chi connectivity index (χ1) is 22.8. The number of fused-ring (bicyclic) bond motifs is 1. The van der Waals surface area contributed by atoms with Gasteiger partial charge in [0, 0.05) is 36.6 Å². The molecule has 2 amide bonds. The van der Waals surface area contributed by atoms with Crippen molar-refractivity contribution in [2.75, 3.05) is 23.4 Å². The number of aromatic nitrogens is 3. The molecule has 0 saturated carbocycles. The SMILES string of the molecule is CCOC(=O)CCN(C(=O)c1ccc2c(c1)nc(CNc1ccc(C(=N)NC(=O)OCc3ccccc3)cc1)n2C)c1ccccn1. The Labute approximate surface area is 271 Å². The Kier molecular flexibility index (Phi) is 10.5. The number of rotatable bonds is 12. The quantitative estimate of drug-likeness (QED) is 0.0935. The number of ether oxygens (including phenoxy) is 2. The molecule has 0 radical (unpaired) electrons. The Balaban J connectivity index is 1.21. The number of carbonyl (C=O) groups is 3. The summed E-state index contributed by atoms with van der Waals surface area (Å²) in [6.07, 6.45) is 0.936. The number of imidazole rings is 1.